The van der Waals surface area contributed by atoms with Gasteiger partial charge in [-0.1, -0.05) is 36.7 Å². The molecule has 0 aliphatic carbocycles. The summed E-state index contributed by atoms with van der Waals surface area (Å²) in [6.07, 6.45) is 2.25. The lowest BCUT2D eigenvalue weighted by atomic mass is 10.1. The van der Waals surface area contributed by atoms with Crippen molar-refractivity contribution in [2.75, 3.05) is 10.6 Å². The van der Waals surface area contributed by atoms with Crippen LogP contribution in [0.3, 0.4) is 0 Å². The maximum atomic E-state index is 12.6. The molecule has 2 aromatic carbocycles. The first-order chi connectivity index (χ1) is 13.1. The summed E-state index contributed by atoms with van der Waals surface area (Å²) in [7, 11) is 0. The van der Waals surface area contributed by atoms with Gasteiger partial charge in [-0.15, -0.1) is 0 Å². The quantitative estimate of drug-likeness (QED) is 0.668. The summed E-state index contributed by atoms with van der Waals surface area (Å²) < 4.78 is 0. The molecule has 2 N–H and O–H groups in total. The van der Waals surface area contributed by atoms with Crippen LogP contribution in [0.4, 0.5) is 11.4 Å². The van der Waals surface area contributed by atoms with E-state index in [0.29, 0.717) is 16.3 Å². The number of nitrogens with zero attached hydrogens (tertiary/aromatic N) is 1. The zero-order chi connectivity index (χ0) is 19.2. The molecule has 0 saturated heterocycles. The average Bonchev–Trinajstić information content (AvgIpc) is 2.70. The predicted molar refractivity (Wildman–Crippen MR) is 107 cm³/mol. The van der Waals surface area contributed by atoms with E-state index >= 15 is 0 Å². The lowest BCUT2D eigenvalue weighted by Crippen LogP contribution is -2.17. The van der Waals surface area contributed by atoms with Gasteiger partial charge in [-0.2, -0.15) is 0 Å². The Labute approximate surface area is 162 Å². The number of carbonyl (C=O) groups is 2. The highest BCUT2D eigenvalue weighted by atomic mass is 35.5. The maximum Gasteiger partial charge on any atom is 0.274 e. The van der Waals surface area contributed by atoms with Gasteiger partial charge < -0.3 is 10.6 Å². The Morgan fingerprint density at radius 3 is 2.44 bits per heavy atom. The Morgan fingerprint density at radius 2 is 1.70 bits per heavy atom. The van der Waals surface area contributed by atoms with Crippen molar-refractivity contribution in [2.45, 2.75) is 13.3 Å². The maximum absolute atomic E-state index is 12.6. The van der Waals surface area contributed by atoms with Gasteiger partial charge in [0.2, 0.25) is 0 Å². The van der Waals surface area contributed by atoms with Crippen LogP contribution in [-0.4, -0.2) is 16.8 Å². The SMILES string of the molecule is CCc1ccccc1NC(=O)c1ccnc(C(=O)Nc2ccc(Cl)cc2)c1. The van der Waals surface area contributed by atoms with Crippen molar-refractivity contribution in [1.29, 1.82) is 0 Å². The summed E-state index contributed by atoms with van der Waals surface area (Å²) in [5.41, 5.74) is 2.91. The minimum absolute atomic E-state index is 0.154. The average molecular weight is 380 g/mol. The van der Waals surface area contributed by atoms with Crippen molar-refractivity contribution < 1.29 is 9.59 Å². The normalized spacial score (nSPS) is 10.3. The van der Waals surface area contributed by atoms with Gasteiger partial charge in [0.1, 0.15) is 5.69 Å². The summed E-state index contributed by atoms with van der Waals surface area (Å²) in [6.45, 7) is 2.02. The molecular weight excluding hydrogens is 362 g/mol. The van der Waals surface area contributed by atoms with Crippen LogP contribution in [0.25, 0.3) is 0 Å². The molecule has 0 bridgehead atoms. The molecule has 136 valence electrons. The van der Waals surface area contributed by atoms with Crippen molar-refractivity contribution in [3.05, 3.63) is 88.7 Å². The number of benzene rings is 2. The van der Waals surface area contributed by atoms with Crippen molar-refractivity contribution in [1.82, 2.24) is 4.98 Å². The van der Waals surface area contributed by atoms with Gasteiger partial charge >= 0.3 is 0 Å². The van der Waals surface area contributed by atoms with Crippen LogP contribution in [0.5, 0.6) is 0 Å². The number of rotatable bonds is 5. The molecular formula is C21H18ClN3O2. The Bertz CT molecular complexity index is 971. The van der Waals surface area contributed by atoms with E-state index in [1.165, 1.54) is 12.3 Å². The Morgan fingerprint density at radius 1 is 0.963 bits per heavy atom. The molecule has 3 aromatic rings. The summed E-state index contributed by atoms with van der Waals surface area (Å²) in [5.74, 6) is -0.695. The monoisotopic (exact) mass is 379 g/mol. The van der Waals surface area contributed by atoms with Gasteiger partial charge in [0.05, 0.1) is 0 Å². The van der Waals surface area contributed by atoms with E-state index in [0.717, 1.165) is 17.7 Å². The molecule has 27 heavy (non-hydrogen) atoms. The number of aromatic nitrogens is 1. The molecule has 0 saturated carbocycles. The van der Waals surface area contributed by atoms with E-state index in [1.54, 1.807) is 30.3 Å². The van der Waals surface area contributed by atoms with Crippen molar-refractivity contribution in [3.8, 4) is 0 Å². The molecule has 0 fully saturated rings. The van der Waals surface area contributed by atoms with Gasteiger partial charge in [-0.25, -0.2) is 0 Å². The van der Waals surface area contributed by atoms with Crippen LogP contribution in [0.1, 0.15) is 33.3 Å². The molecule has 6 heteroatoms. The highest BCUT2D eigenvalue weighted by Crippen LogP contribution is 2.17. The molecule has 1 aromatic heterocycles. The van der Waals surface area contributed by atoms with E-state index < -0.39 is 5.91 Å². The molecule has 0 radical (unpaired) electrons. The van der Waals surface area contributed by atoms with Crippen LogP contribution in [-0.2, 0) is 6.42 Å². The number of aryl methyl sites for hydroxylation is 1. The fourth-order valence-corrected chi connectivity index (χ4v) is 2.70. The zero-order valence-electron chi connectivity index (χ0n) is 14.7. The Balaban J connectivity index is 1.75. The minimum atomic E-state index is -0.402. The van der Waals surface area contributed by atoms with E-state index in [4.69, 9.17) is 11.6 Å². The number of nitrogens with one attached hydrogen (secondary N) is 2. The first kappa shape index (κ1) is 18.6. The van der Waals surface area contributed by atoms with Gasteiger partial charge in [-0.05, 0) is 54.4 Å². The largest absolute Gasteiger partial charge is 0.322 e. The smallest absolute Gasteiger partial charge is 0.274 e. The molecule has 0 spiro atoms. The molecule has 2 amide bonds. The molecule has 0 aliphatic heterocycles. The number of amides is 2. The van der Waals surface area contributed by atoms with Gasteiger partial charge in [-0.3, -0.25) is 14.6 Å². The topological polar surface area (TPSA) is 71.1 Å². The van der Waals surface area contributed by atoms with Crippen LogP contribution in [0, 0.1) is 0 Å². The minimum Gasteiger partial charge on any atom is -0.322 e. The lowest BCUT2D eigenvalue weighted by Gasteiger charge is -2.10. The second-order valence-electron chi connectivity index (χ2n) is 5.86. The highest BCUT2D eigenvalue weighted by molar-refractivity contribution is 6.30. The fraction of sp³-hybridized carbons (Fsp3) is 0.0952. The van der Waals surface area contributed by atoms with Gasteiger partial charge in [0.15, 0.2) is 0 Å². The summed E-state index contributed by atoms with van der Waals surface area (Å²) in [5, 5.41) is 6.20. The van der Waals surface area contributed by atoms with E-state index in [1.807, 2.05) is 31.2 Å². The number of anilines is 2. The number of hydrogen-bond acceptors (Lipinski definition) is 3. The zero-order valence-corrected chi connectivity index (χ0v) is 15.5. The van der Waals surface area contributed by atoms with Crippen LogP contribution in [0.15, 0.2) is 66.9 Å². The van der Waals surface area contributed by atoms with Crippen LogP contribution < -0.4 is 10.6 Å². The third-order valence-corrected chi connectivity index (χ3v) is 4.26. The predicted octanol–water partition coefficient (Wildman–Crippen LogP) is 4.80. The van der Waals surface area contributed by atoms with E-state index in [9.17, 15) is 9.59 Å². The van der Waals surface area contributed by atoms with Gasteiger partial charge in [0.25, 0.3) is 11.8 Å². The molecule has 5 nitrogen and oxygen atoms in total. The van der Waals surface area contributed by atoms with Crippen LogP contribution >= 0.6 is 11.6 Å². The van der Waals surface area contributed by atoms with Crippen molar-refractivity contribution >= 4 is 34.8 Å². The first-order valence-electron chi connectivity index (χ1n) is 8.49. The lowest BCUT2D eigenvalue weighted by molar-refractivity contribution is 0.102. The fourth-order valence-electron chi connectivity index (χ4n) is 2.57. The number of halogens is 1. The number of carbonyl (C=O) groups excluding carboxylic acids is 2. The van der Waals surface area contributed by atoms with Gasteiger partial charge in [0, 0.05) is 28.2 Å². The van der Waals surface area contributed by atoms with E-state index in [-0.39, 0.29) is 11.6 Å². The molecule has 0 atom stereocenters. The van der Waals surface area contributed by atoms with E-state index in [2.05, 4.69) is 15.6 Å². The van der Waals surface area contributed by atoms with Crippen molar-refractivity contribution in [2.24, 2.45) is 0 Å². The summed E-state index contributed by atoms with van der Waals surface area (Å²) in [4.78, 5) is 29.0. The molecule has 3 rings (SSSR count). The highest BCUT2D eigenvalue weighted by Gasteiger charge is 2.13. The second-order valence-corrected chi connectivity index (χ2v) is 6.29. The number of para-hydroxylation sites is 1. The summed E-state index contributed by atoms with van der Waals surface area (Å²) >= 11 is 5.84. The third kappa shape index (κ3) is 4.71. The number of hydrogen-bond donors (Lipinski definition) is 2. The number of pyridine rings is 1. The molecule has 1 heterocycles. The Kier molecular flexibility index (Phi) is 5.84. The van der Waals surface area contributed by atoms with Crippen molar-refractivity contribution in [3.63, 3.8) is 0 Å². The third-order valence-electron chi connectivity index (χ3n) is 4.00. The Hall–Kier alpha value is -3.18. The second kappa shape index (κ2) is 8.47. The molecule has 0 aliphatic rings. The molecule has 0 unspecified atom stereocenters. The standard InChI is InChI=1S/C21H18ClN3O2/c1-2-14-5-3-4-6-18(14)25-20(26)15-11-12-23-19(13-15)21(27)24-17-9-7-16(22)8-10-17/h3-13H,2H2,1H3,(H,24,27)(H,25,26). The summed E-state index contributed by atoms with van der Waals surface area (Å²) in [6, 6.07) is 17.4. The first-order valence-corrected chi connectivity index (χ1v) is 8.87. The van der Waals surface area contributed by atoms with Crippen LogP contribution in [0.2, 0.25) is 5.02 Å².